The average Bonchev–Trinajstić information content (AvgIpc) is 3.05. The molecular formula is C13H16O5S. The van der Waals surface area contributed by atoms with E-state index in [9.17, 15) is 13.2 Å². The van der Waals surface area contributed by atoms with Crippen LogP contribution in [0.15, 0.2) is 24.3 Å². The number of sulfone groups is 1. The minimum absolute atomic E-state index is 0.0313. The lowest BCUT2D eigenvalue weighted by Crippen LogP contribution is -2.08. The average molecular weight is 284 g/mol. The fraction of sp³-hybridized carbons (Fsp3) is 0.462. The van der Waals surface area contributed by atoms with Crippen molar-refractivity contribution in [3.8, 4) is 5.75 Å². The fourth-order valence-corrected chi connectivity index (χ4v) is 2.78. The standard InChI is InChI=1S/C13H16O5S/c1-19(16,17)8-9-4-2-3-5-12(9)18-7-10-6-11(10)13(14)15/h2-5,10-11H,6-8H2,1H3,(H,14,15)/t10-,11+/m0/s1. The van der Waals surface area contributed by atoms with E-state index in [-0.39, 0.29) is 17.6 Å². The van der Waals surface area contributed by atoms with Gasteiger partial charge >= 0.3 is 5.97 Å². The quantitative estimate of drug-likeness (QED) is 0.852. The van der Waals surface area contributed by atoms with Gasteiger partial charge in [0.15, 0.2) is 9.84 Å². The fourth-order valence-electron chi connectivity index (χ4n) is 1.98. The van der Waals surface area contributed by atoms with E-state index in [1.54, 1.807) is 24.3 Å². The van der Waals surface area contributed by atoms with Crippen molar-refractivity contribution in [1.29, 1.82) is 0 Å². The zero-order chi connectivity index (χ0) is 14.0. The van der Waals surface area contributed by atoms with Gasteiger partial charge in [0.2, 0.25) is 0 Å². The molecule has 0 aromatic heterocycles. The van der Waals surface area contributed by atoms with Gasteiger partial charge in [-0.3, -0.25) is 4.79 Å². The lowest BCUT2D eigenvalue weighted by atomic mass is 10.2. The molecule has 1 aliphatic carbocycles. The maximum atomic E-state index is 11.3. The first-order valence-corrected chi connectivity index (χ1v) is 8.04. The molecule has 0 aliphatic heterocycles. The van der Waals surface area contributed by atoms with Gasteiger partial charge in [-0.05, 0) is 12.5 Å². The highest BCUT2D eigenvalue weighted by molar-refractivity contribution is 7.89. The molecular weight excluding hydrogens is 268 g/mol. The van der Waals surface area contributed by atoms with Crippen LogP contribution in [0.4, 0.5) is 0 Å². The SMILES string of the molecule is CS(=O)(=O)Cc1ccccc1OC[C@@H]1C[C@H]1C(=O)O. The van der Waals surface area contributed by atoms with Gasteiger partial charge in [0.1, 0.15) is 5.75 Å². The number of carboxylic acid groups (broad SMARTS) is 1. The van der Waals surface area contributed by atoms with Gasteiger partial charge in [0.05, 0.1) is 18.3 Å². The van der Waals surface area contributed by atoms with Crippen LogP contribution in [0.25, 0.3) is 0 Å². The summed E-state index contributed by atoms with van der Waals surface area (Å²) >= 11 is 0. The minimum Gasteiger partial charge on any atom is -0.493 e. The van der Waals surface area contributed by atoms with Crippen LogP contribution in [0.5, 0.6) is 5.75 Å². The Balaban J connectivity index is 1.99. The van der Waals surface area contributed by atoms with E-state index in [0.717, 1.165) is 0 Å². The Kier molecular flexibility index (Phi) is 3.80. The van der Waals surface area contributed by atoms with Crippen LogP contribution in [0.2, 0.25) is 0 Å². The van der Waals surface area contributed by atoms with Gasteiger partial charge in [-0.25, -0.2) is 8.42 Å². The van der Waals surface area contributed by atoms with Crippen LogP contribution in [0.1, 0.15) is 12.0 Å². The van der Waals surface area contributed by atoms with Crippen molar-refractivity contribution in [2.24, 2.45) is 11.8 Å². The summed E-state index contributed by atoms with van der Waals surface area (Å²) in [6.07, 6.45) is 1.80. The number of benzene rings is 1. The summed E-state index contributed by atoms with van der Waals surface area (Å²) in [6, 6.07) is 6.93. The minimum atomic E-state index is -3.12. The largest absolute Gasteiger partial charge is 0.493 e. The molecule has 0 radical (unpaired) electrons. The Hall–Kier alpha value is -1.56. The third-order valence-corrected chi connectivity index (χ3v) is 3.92. The lowest BCUT2D eigenvalue weighted by molar-refractivity contribution is -0.138. The van der Waals surface area contributed by atoms with Crippen LogP contribution in [-0.4, -0.2) is 32.4 Å². The number of carboxylic acids is 1. The van der Waals surface area contributed by atoms with E-state index in [0.29, 0.717) is 24.3 Å². The van der Waals surface area contributed by atoms with Crippen molar-refractivity contribution in [2.75, 3.05) is 12.9 Å². The zero-order valence-corrected chi connectivity index (χ0v) is 11.4. The summed E-state index contributed by atoms with van der Waals surface area (Å²) in [5, 5.41) is 8.79. The molecule has 1 fully saturated rings. The number of hydrogen-bond donors (Lipinski definition) is 1. The molecule has 104 valence electrons. The number of para-hydroxylation sites is 1. The summed E-state index contributed by atoms with van der Waals surface area (Å²) in [6.45, 7) is 0.317. The zero-order valence-electron chi connectivity index (χ0n) is 10.6. The molecule has 1 aromatic carbocycles. The maximum absolute atomic E-state index is 11.3. The van der Waals surface area contributed by atoms with Crippen molar-refractivity contribution in [3.63, 3.8) is 0 Å². The molecule has 0 unspecified atom stereocenters. The van der Waals surface area contributed by atoms with Crippen molar-refractivity contribution in [1.82, 2.24) is 0 Å². The number of rotatable bonds is 6. The number of carbonyl (C=O) groups is 1. The predicted octanol–water partition coefficient (Wildman–Crippen LogP) is 1.33. The highest BCUT2D eigenvalue weighted by Gasteiger charge is 2.43. The van der Waals surface area contributed by atoms with E-state index in [2.05, 4.69) is 0 Å². The molecule has 1 aromatic rings. The molecule has 6 heteroatoms. The Morgan fingerprint density at radius 1 is 1.42 bits per heavy atom. The summed E-state index contributed by atoms with van der Waals surface area (Å²) in [7, 11) is -3.12. The maximum Gasteiger partial charge on any atom is 0.306 e. The first-order chi connectivity index (χ1) is 8.87. The third kappa shape index (κ3) is 3.96. The molecule has 0 amide bonds. The van der Waals surface area contributed by atoms with Gasteiger partial charge in [-0.1, -0.05) is 18.2 Å². The molecule has 0 bridgehead atoms. The second kappa shape index (κ2) is 5.21. The number of ether oxygens (including phenoxy) is 1. The molecule has 5 nitrogen and oxygen atoms in total. The molecule has 1 saturated carbocycles. The topological polar surface area (TPSA) is 80.7 Å². The van der Waals surface area contributed by atoms with Crippen LogP contribution in [-0.2, 0) is 20.4 Å². The van der Waals surface area contributed by atoms with Gasteiger partial charge in [-0.2, -0.15) is 0 Å². The number of hydrogen-bond acceptors (Lipinski definition) is 4. The molecule has 2 rings (SSSR count). The molecule has 0 heterocycles. The summed E-state index contributed by atoms with van der Waals surface area (Å²) in [4.78, 5) is 10.7. The van der Waals surface area contributed by atoms with E-state index < -0.39 is 15.8 Å². The van der Waals surface area contributed by atoms with E-state index >= 15 is 0 Å². The summed E-state index contributed by atoms with van der Waals surface area (Å²) < 4.78 is 28.2. The molecule has 1 aliphatic rings. The first-order valence-electron chi connectivity index (χ1n) is 5.98. The lowest BCUT2D eigenvalue weighted by Gasteiger charge is -2.10. The predicted molar refractivity (Wildman–Crippen MR) is 69.7 cm³/mol. The van der Waals surface area contributed by atoms with Crippen LogP contribution >= 0.6 is 0 Å². The second-order valence-corrected chi connectivity index (χ2v) is 7.07. The van der Waals surface area contributed by atoms with Crippen LogP contribution < -0.4 is 4.74 Å². The van der Waals surface area contributed by atoms with Crippen LogP contribution in [0, 0.1) is 11.8 Å². The van der Waals surface area contributed by atoms with Gasteiger partial charge in [0.25, 0.3) is 0 Å². The Bertz CT molecular complexity index is 578. The Labute approximate surface area is 112 Å². The van der Waals surface area contributed by atoms with Crippen molar-refractivity contribution in [3.05, 3.63) is 29.8 Å². The molecule has 0 saturated heterocycles. The second-order valence-electron chi connectivity index (χ2n) is 4.93. The van der Waals surface area contributed by atoms with Crippen molar-refractivity contribution in [2.45, 2.75) is 12.2 Å². The Morgan fingerprint density at radius 3 is 2.68 bits per heavy atom. The van der Waals surface area contributed by atoms with Gasteiger partial charge in [-0.15, -0.1) is 0 Å². The van der Waals surface area contributed by atoms with Crippen molar-refractivity contribution < 1.29 is 23.1 Å². The molecule has 0 spiro atoms. The molecule has 19 heavy (non-hydrogen) atoms. The van der Waals surface area contributed by atoms with Crippen molar-refractivity contribution >= 4 is 15.8 Å². The molecule has 1 N–H and O–H groups in total. The number of aliphatic carboxylic acids is 1. The van der Waals surface area contributed by atoms with Gasteiger partial charge in [0, 0.05) is 17.7 Å². The monoisotopic (exact) mass is 284 g/mol. The summed E-state index contributed by atoms with van der Waals surface area (Å²) in [5.74, 6) is -0.635. The smallest absolute Gasteiger partial charge is 0.306 e. The Morgan fingerprint density at radius 2 is 2.11 bits per heavy atom. The van der Waals surface area contributed by atoms with Crippen LogP contribution in [0.3, 0.4) is 0 Å². The summed E-state index contributed by atoms with van der Waals surface area (Å²) in [5.41, 5.74) is 0.609. The van der Waals surface area contributed by atoms with E-state index in [1.165, 1.54) is 6.26 Å². The third-order valence-electron chi connectivity index (χ3n) is 3.08. The highest BCUT2D eigenvalue weighted by Crippen LogP contribution is 2.39. The highest BCUT2D eigenvalue weighted by atomic mass is 32.2. The van der Waals surface area contributed by atoms with E-state index in [1.807, 2.05) is 0 Å². The molecule has 2 atom stereocenters. The normalized spacial score (nSPS) is 21.9. The van der Waals surface area contributed by atoms with Gasteiger partial charge < -0.3 is 9.84 Å². The van der Waals surface area contributed by atoms with E-state index in [4.69, 9.17) is 9.84 Å². The first kappa shape index (κ1) is 13.9.